The molecule has 1 aliphatic rings. The monoisotopic (exact) mass is 407 g/mol. The van der Waals surface area contributed by atoms with Gasteiger partial charge >= 0.3 is 0 Å². The van der Waals surface area contributed by atoms with Gasteiger partial charge in [0.15, 0.2) is 11.6 Å². The van der Waals surface area contributed by atoms with Gasteiger partial charge in [-0.25, -0.2) is 17.6 Å². The summed E-state index contributed by atoms with van der Waals surface area (Å²) in [4.78, 5) is 4.33. The van der Waals surface area contributed by atoms with Crippen LogP contribution in [0.4, 0.5) is 17.6 Å². The molecule has 0 spiro atoms. The Balaban J connectivity index is 1.81. The first-order valence-electron chi connectivity index (χ1n) is 10.7. The predicted octanol–water partition coefficient (Wildman–Crippen LogP) is 7.69. The summed E-state index contributed by atoms with van der Waals surface area (Å²) in [6, 6.07) is 6.53. The minimum Gasteiger partial charge on any atom is -0.261 e. The topological polar surface area (TPSA) is 12.9 Å². The number of pyridine rings is 1. The number of benzene rings is 1. The number of hydrogen-bond donors (Lipinski definition) is 0. The van der Waals surface area contributed by atoms with Crippen LogP contribution >= 0.6 is 0 Å². The van der Waals surface area contributed by atoms with Crippen molar-refractivity contribution in [2.75, 3.05) is 0 Å². The van der Waals surface area contributed by atoms with Gasteiger partial charge in [0, 0.05) is 35.4 Å². The van der Waals surface area contributed by atoms with Crippen molar-refractivity contribution >= 4 is 0 Å². The second-order valence-corrected chi connectivity index (χ2v) is 8.20. The van der Waals surface area contributed by atoms with Gasteiger partial charge in [0.25, 0.3) is 5.92 Å². The Labute approximate surface area is 170 Å². The molecule has 3 rings (SSSR count). The zero-order valence-corrected chi connectivity index (χ0v) is 17.2. The highest BCUT2D eigenvalue weighted by atomic mass is 19.3. The Morgan fingerprint density at radius 2 is 1.79 bits per heavy atom. The van der Waals surface area contributed by atoms with Crippen LogP contribution in [-0.2, 0) is 6.42 Å². The van der Waals surface area contributed by atoms with E-state index >= 15 is 0 Å². The lowest BCUT2D eigenvalue weighted by atomic mass is 9.74. The maximum absolute atomic E-state index is 14.8. The zero-order valence-electron chi connectivity index (χ0n) is 17.2. The third kappa shape index (κ3) is 4.81. The molecule has 1 heterocycles. The molecule has 1 saturated carbocycles. The van der Waals surface area contributed by atoms with E-state index in [0.717, 1.165) is 25.0 Å². The van der Waals surface area contributed by atoms with Crippen LogP contribution in [0.25, 0.3) is 11.1 Å². The second kappa shape index (κ2) is 9.27. The molecule has 29 heavy (non-hydrogen) atoms. The number of hydrogen-bond acceptors (Lipinski definition) is 1. The lowest BCUT2D eigenvalue weighted by Crippen LogP contribution is -2.35. The molecule has 2 atom stereocenters. The van der Waals surface area contributed by atoms with Gasteiger partial charge in [-0.3, -0.25) is 4.98 Å². The van der Waals surface area contributed by atoms with E-state index in [1.54, 1.807) is 12.3 Å². The van der Waals surface area contributed by atoms with Crippen molar-refractivity contribution in [3.8, 4) is 11.1 Å². The standard InChI is InChI=1S/C24H29F4N/c1-3-5-7-19-11-9-17(15-29-19)21-13-12-20(22(25)23(21)26)16-8-10-18(6-4-2)24(27,28)14-16/h9,11-13,15-16,18H,3-8,10,14H2,1-2H3. The molecule has 0 aliphatic heterocycles. The minimum absolute atomic E-state index is 0.0633. The van der Waals surface area contributed by atoms with E-state index in [4.69, 9.17) is 0 Å². The van der Waals surface area contributed by atoms with Crippen molar-refractivity contribution in [1.82, 2.24) is 4.98 Å². The molecule has 1 aromatic carbocycles. The average molecular weight is 407 g/mol. The Hall–Kier alpha value is -1.91. The first-order valence-corrected chi connectivity index (χ1v) is 10.7. The highest BCUT2D eigenvalue weighted by Crippen LogP contribution is 2.48. The number of alkyl halides is 2. The Morgan fingerprint density at radius 1 is 1.00 bits per heavy atom. The molecule has 0 N–H and O–H groups in total. The highest BCUT2D eigenvalue weighted by molar-refractivity contribution is 5.64. The maximum atomic E-state index is 14.8. The molecule has 5 heteroatoms. The Bertz CT molecular complexity index is 816. The van der Waals surface area contributed by atoms with Gasteiger partial charge in [0.05, 0.1) is 0 Å². The van der Waals surface area contributed by atoms with Gasteiger partial charge in [-0.1, -0.05) is 44.9 Å². The fourth-order valence-corrected chi connectivity index (χ4v) is 4.37. The summed E-state index contributed by atoms with van der Waals surface area (Å²) in [6.07, 6.45) is 6.04. The van der Waals surface area contributed by atoms with Crippen LogP contribution in [0.5, 0.6) is 0 Å². The lowest BCUT2D eigenvalue weighted by molar-refractivity contribution is -0.0947. The number of halogens is 4. The normalized spacial score (nSPS) is 21.3. The highest BCUT2D eigenvalue weighted by Gasteiger charge is 2.45. The van der Waals surface area contributed by atoms with Crippen molar-refractivity contribution in [3.05, 3.63) is 53.4 Å². The van der Waals surface area contributed by atoms with Crippen molar-refractivity contribution < 1.29 is 17.6 Å². The van der Waals surface area contributed by atoms with Gasteiger partial charge in [0.1, 0.15) is 0 Å². The molecule has 1 nitrogen and oxygen atoms in total. The van der Waals surface area contributed by atoms with E-state index in [2.05, 4.69) is 11.9 Å². The van der Waals surface area contributed by atoms with Crippen LogP contribution in [-0.4, -0.2) is 10.9 Å². The van der Waals surface area contributed by atoms with Gasteiger partial charge < -0.3 is 0 Å². The van der Waals surface area contributed by atoms with Crippen LogP contribution in [0.1, 0.15) is 76.0 Å². The first kappa shape index (κ1) is 21.8. The van der Waals surface area contributed by atoms with Gasteiger partial charge in [-0.2, -0.15) is 0 Å². The first-order chi connectivity index (χ1) is 13.9. The van der Waals surface area contributed by atoms with Crippen LogP contribution < -0.4 is 0 Å². The number of aryl methyl sites for hydroxylation is 1. The fourth-order valence-electron chi connectivity index (χ4n) is 4.37. The number of aromatic nitrogens is 1. The van der Waals surface area contributed by atoms with E-state index in [1.165, 1.54) is 12.1 Å². The average Bonchev–Trinajstić information content (AvgIpc) is 2.70. The quantitative estimate of drug-likeness (QED) is 0.429. The summed E-state index contributed by atoms with van der Waals surface area (Å²) in [5.74, 6) is -6.14. The third-order valence-electron chi connectivity index (χ3n) is 6.09. The molecule has 0 radical (unpaired) electrons. The van der Waals surface area contributed by atoms with E-state index in [9.17, 15) is 17.6 Å². The summed E-state index contributed by atoms with van der Waals surface area (Å²) in [7, 11) is 0. The third-order valence-corrected chi connectivity index (χ3v) is 6.09. The molecule has 0 bridgehead atoms. The molecule has 2 unspecified atom stereocenters. The molecule has 1 aliphatic carbocycles. The van der Waals surface area contributed by atoms with Crippen LogP contribution in [0, 0.1) is 17.6 Å². The van der Waals surface area contributed by atoms with E-state index in [1.807, 2.05) is 13.0 Å². The van der Waals surface area contributed by atoms with E-state index in [0.29, 0.717) is 31.2 Å². The van der Waals surface area contributed by atoms with Crippen molar-refractivity contribution in [2.24, 2.45) is 5.92 Å². The van der Waals surface area contributed by atoms with Gasteiger partial charge in [-0.05, 0) is 49.7 Å². The molecular formula is C24H29F4N. The van der Waals surface area contributed by atoms with Gasteiger partial charge in [0.2, 0.25) is 0 Å². The zero-order chi connectivity index (χ0) is 21.0. The summed E-state index contributed by atoms with van der Waals surface area (Å²) < 4.78 is 58.6. The smallest absolute Gasteiger partial charge is 0.251 e. The molecule has 1 fully saturated rings. The van der Waals surface area contributed by atoms with E-state index in [-0.39, 0.29) is 11.1 Å². The maximum Gasteiger partial charge on any atom is 0.251 e. The summed E-state index contributed by atoms with van der Waals surface area (Å²) in [5.41, 5.74) is 1.59. The van der Waals surface area contributed by atoms with Crippen molar-refractivity contribution in [1.29, 1.82) is 0 Å². The second-order valence-electron chi connectivity index (χ2n) is 8.20. The predicted molar refractivity (Wildman–Crippen MR) is 108 cm³/mol. The van der Waals surface area contributed by atoms with Crippen LogP contribution in [0.3, 0.4) is 0 Å². The number of nitrogens with zero attached hydrogens (tertiary/aromatic N) is 1. The lowest BCUT2D eigenvalue weighted by Gasteiger charge is -2.36. The number of rotatable bonds is 7. The van der Waals surface area contributed by atoms with Crippen LogP contribution in [0.15, 0.2) is 30.5 Å². The summed E-state index contributed by atoms with van der Waals surface area (Å²) in [5, 5.41) is 0. The molecule has 2 aromatic rings. The molecule has 1 aromatic heterocycles. The molecule has 0 saturated heterocycles. The van der Waals surface area contributed by atoms with Crippen LogP contribution in [0.2, 0.25) is 0 Å². The molecular weight excluding hydrogens is 378 g/mol. The fraction of sp³-hybridized carbons (Fsp3) is 0.542. The number of unbranched alkanes of at least 4 members (excludes halogenated alkanes) is 1. The summed E-state index contributed by atoms with van der Waals surface area (Å²) in [6.45, 7) is 3.99. The molecule has 158 valence electrons. The van der Waals surface area contributed by atoms with Crippen molar-refractivity contribution in [2.45, 2.75) is 77.1 Å². The largest absolute Gasteiger partial charge is 0.261 e. The van der Waals surface area contributed by atoms with Gasteiger partial charge in [-0.15, -0.1) is 0 Å². The summed E-state index contributed by atoms with van der Waals surface area (Å²) >= 11 is 0. The van der Waals surface area contributed by atoms with E-state index < -0.39 is 35.8 Å². The SMILES string of the molecule is CCCCc1ccc(-c2ccc(C3CCC(CCC)C(F)(F)C3)c(F)c2F)cn1. The molecule has 0 amide bonds. The Morgan fingerprint density at radius 3 is 2.41 bits per heavy atom. The minimum atomic E-state index is -2.83. The van der Waals surface area contributed by atoms with Crippen molar-refractivity contribution in [3.63, 3.8) is 0 Å². The Kier molecular flexibility index (Phi) is 6.97.